The second-order valence-electron chi connectivity index (χ2n) is 2.55. The Labute approximate surface area is 76.8 Å². The molecular weight excluding hydrogens is 168 g/mol. The van der Waals surface area contributed by atoms with Crippen LogP contribution in [0.5, 0.6) is 0 Å². The Morgan fingerprint density at radius 2 is 2.54 bits per heavy atom. The van der Waals surface area contributed by atoms with Crippen LogP contribution in [0.1, 0.15) is 17.4 Å². The van der Waals surface area contributed by atoms with Gasteiger partial charge in [0.05, 0.1) is 19.2 Å². The molecule has 0 unspecified atom stereocenters. The van der Waals surface area contributed by atoms with Gasteiger partial charge >= 0.3 is 0 Å². The van der Waals surface area contributed by atoms with E-state index in [1.807, 2.05) is 14.0 Å². The molecule has 70 valence electrons. The summed E-state index contributed by atoms with van der Waals surface area (Å²) in [6.45, 7) is 2.42. The van der Waals surface area contributed by atoms with Crippen LogP contribution in [0, 0.1) is 0 Å². The van der Waals surface area contributed by atoms with Gasteiger partial charge in [-0.3, -0.25) is 4.79 Å². The first kappa shape index (κ1) is 9.51. The maximum atomic E-state index is 11.3. The van der Waals surface area contributed by atoms with Crippen LogP contribution in [0.2, 0.25) is 0 Å². The summed E-state index contributed by atoms with van der Waals surface area (Å²) in [6, 6.07) is 0. The molecule has 0 aliphatic carbocycles. The van der Waals surface area contributed by atoms with Crippen molar-refractivity contribution in [2.24, 2.45) is 7.05 Å². The van der Waals surface area contributed by atoms with Gasteiger partial charge < -0.3 is 9.30 Å². The molecule has 0 saturated carbocycles. The molecule has 0 aliphatic rings. The molecule has 0 atom stereocenters. The number of aromatic nitrogens is 2. The second-order valence-corrected chi connectivity index (χ2v) is 2.55. The third-order valence-electron chi connectivity index (χ3n) is 1.44. The molecule has 0 aliphatic heterocycles. The highest BCUT2D eigenvalue weighted by Gasteiger charge is 2.03. The van der Waals surface area contributed by atoms with Gasteiger partial charge in [0.15, 0.2) is 0 Å². The van der Waals surface area contributed by atoms with Gasteiger partial charge in [-0.1, -0.05) is 0 Å². The summed E-state index contributed by atoms with van der Waals surface area (Å²) >= 11 is 0. The fraction of sp³-hybridized carbons (Fsp3) is 0.333. The Bertz CT molecular complexity index is 315. The molecule has 0 radical (unpaired) electrons. The van der Waals surface area contributed by atoms with Crippen LogP contribution in [-0.2, 0) is 11.8 Å². The SMILES string of the molecule is CCO/C=C/C(=O)c1cn(C)cn1. The van der Waals surface area contributed by atoms with E-state index < -0.39 is 0 Å². The number of carbonyl (C=O) groups is 1. The van der Waals surface area contributed by atoms with Crippen LogP contribution < -0.4 is 0 Å². The summed E-state index contributed by atoms with van der Waals surface area (Å²) in [5.41, 5.74) is 0.429. The van der Waals surface area contributed by atoms with Crippen molar-refractivity contribution in [1.29, 1.82) is 0 Å². The Kier molecular flexibility index (Phi) is 3.25. The number of aryl methyl sites for hydroxylation is 1. The minimum Gasteiger partial charge on any atom is -0.501 e. The zero-order valence-corrected chi connectivity index (χ0v) is 7.73. The van der Waals surface area contributed by atoms with Crippen molar-refractivity contribution in [3.8, 4) is 0 Å². The first-order valence-electron chi connectivity index (χ1n) is 4.04. The molecule has 0 fully saturated rings. The average Bonchev–Trinajstić information content (AvgIpc) is 2.52. The molecule has 1 rings (SSSR count). The minimum absolute atomic E-state index is 0.144. The van der Waals surface area contributed by atoms with Gasteiger partial charge in [-0.15, -0.1) is 0 Å². The van der Waals surface area contributed by atoms with Crippen LogP contribution in [-0.4, -0.2) is 21.9 Å². The largest absolute Gasteiger partial charge is 0.501 e. The van der Waals surface area contributed by atoms with Crippen molar-refractivity contribution in [1.82, 2.24) is 9.55 Å². The number of hydrogen-bond acceptors (Lipinski definition) is 3. The third-order valence-corrected chi connectivity index (χ3v) is 1.44. The topological polar surface area (TPSA) is 44.1 Å². The minimum atomic E-state index is -0.144. The average molecular weight is 180 g/mol. The number of hydrogen-bond donors (Lipinski definition) is 0. The molecule has 4 heteroatoms. The Hall–Kier alpha value is -1.58. The highest BCUT2D eigenvalue weighted by molar-refractivity contribution is 6.02. The van der Waals surface area contributed by atoms with Gasteiger partial charge in [0.2, 0.25) is 5.78 Å². The maximum Gasteiger partial charge on any atom is 0.208 e. The normalized spacial score (nSPS) is 10.6. The van der Waals surface area contributed by atoms with Crippen LogP contribution in [0.4, 0.5) is 0 Å². The number of allylic oxidation sites excluding steroid dienone is 1. The number of nitrogens with zero attached hydrogens (tertiary/aromatic N) is 2. The lowest BCUT2D eigenvalue weighted by molar-refractivity contribution is 0.103. The van der Waals surface area contributed by atoms with E-state index in [1.54, 1.807) is 17.1 Å². The number of rotatable bonds is 4. The van der Waals surface area contributed by atoms with Crippen molar-refractivity contribution in [3.05, 3.63) is 30.6 Å². The highest BCUT2D eigenvalue weighted by atomic mass is 16.5. The smallest absolute Gasteiger partial charge is 0.208 e. The fourth-order valence-corrected chi connectivity index (χ4v) is 0.832. The summed E-state index contributed by atoms with van der Waals surface area (Å²) in [6.07, 6.45) is 6.00. The number of carbonyl (C=O) groups excluding carboxylic acids is 1. The van der Waals surface area contributed by atoms with Gasteiger partial charge in [0.25, 0.3) is 0 Å². The summed E-state index contributed by atoms with van der Waals surface area (Å²) in [4.78, 5) is 15.2. The van der Waals surface area contributed by atoms with Gasteiger partial charge in [-0.2, -0.15) is 0 Å². The van der Waals surface area contributed by atoms with E-state index in [-0.39, 0.29) is 5.78 Å². The molecule has 0 aromatic carbocycles. The predicted molar refractivity (Wildman–Crippen MR) is 48.3 cm³/mol. The monoisotopic (exact) mass is 180 g/mol. The van der Waals surface area contributed by atoms with Crippen LogP contribution >= 0.6 is 0 Å². The van der Waals surface area contributed by atoms with Gasteiger partial charge in [-0.25, -0.2) is 4.98 Å². The molecule has 1 heterocycles. The molecule has 4 nitrogen and oxygen atoms in total. The van der Waals surface area contributed by atoms with Crippen LogP contribution in [0.25, 0.3) is 0 Å². The van der Waals surface area contributed by atoms with E-state index >= 15 is 0 Å². The van der Waals surface area contributed by atoms with Crippen LogP contribution in [0.3, 0.4) is 0 Å². The lowest BCUT2D eigenvalue weighted by Gasteiger charge is -1.90. The first-order chi connectivity index (χ1) is 6.24. The van der Waals surface area contributed by atoms with Crippen molar-refractivity contribution < 1.29 is 9.53 Å². The summed E-state index contributed by atoms with van der Waals surface area (Å²) in [5, 5.41) is 0. The summed E-state index contributed by atoms with van der Waals surface area (Å²) < 4.78 is 6.62. The van der Waals surface area contributed by atoms with Crippen molar-refractivity contribution >= 4 is 5.78 Å². The molecule has 1 aromatic heterocycles. The molecule has 0 N–H and O–H groups in total. The van der Waals surface area contributed by atoms with Gasteiger partial charge in [0.1, 0.15) is 5.69 Å². The van der Waals surface area contributed by atoms with Crippen molar-refractivity contribution in [2.45, 2.75) is 6.92 Å². The maximum absolute atomic E-state index is 11.3. The first-order valence-corrected chi connectivity index (χ1v) is 4.04. The molecule has 0 amide bonds. The molecule has 0 bridgehead atoms. The lowest BCUT2D eigenvalue weighted by atomic mass is 10.3. The number of imidazole rings is 1. The van der Waals surface area contributed by atoms with Crippen molar-refractivity contribution in [2.75, 3.05) is 6.61 Å². The van der Waals surface area contributed by atoms with Gasteiger partial charge in [0, 0.05) is 19.3 Å². The Morgan fingerprint density at radius 3 is 3.08 bits per heavy atom. The van der Waals surface area contributed by atoms with Crippen LogP contribution in [0.15, 0.2) is 24.9 Å². The predicted octanol–water partition coefficient (Wildman–Crippen LogP) is 1.15. The Balaban J connectivity index is 2.58. The molecule has 1 aromatic rings. The lowest BCUT2D eigenvalue weighted by Crippen LogP contribution is -1.94. The Morgan fingerprint density at radius 1 is 1.77 bits per heavy atom. The van der Waals surface area contributed by atoms with E-state index in [2.05, 4.69) is 4.98 Å². The second kappa shape index (κ2) is 4.45. The molecule has 0 saturated heterocycles. The molecule has 0 spiro atoms. The van der Waals surface area contributed by atoms with E-state index in [4.69, 9.17) is 4.74 Å². The quantitative estimate of drug-likeness (QED) is 0.396. The summed E-state index contributed by atoms with van der Waals surface area (Å²) in [7, 11) is 1.82. The van der Waals surface area contributed by atoms with Crippen molar-refractivity contribution in [3.63, 3.8) is 0 Å². The third kappa shape index (κ3) is 2.74. The highest BCUT2D eigenvalue weighted by Crippen LogP contribution is 1.96. The van der Waals surface area contributed by atoms with Gasteiger partial charge in [-0.05, 0) is 6.92 Å². The zero-order valence-electron chi connectivity index (χ0n) is 7.73. The van der Waals surface area contributed by atoms with E-state index in [0.717, 1.165) is 0 Å². The number of ether oxygens (including phenoxy) is 1. The molecule has 13 heavy (non-hydrogen) atoms. The standard InChI is InChI=1S/C9H12N2O2/c1-3-13-5-4-9(12)8-6-11(2)7-10-8/h4-7H,3H2,1-2H3/b5-4+. The fourth-order valence-electron chi connectivity index (χ4n) is 0.832. The van der Waals surface area contributed by atoms with E-state index in [0.29, 0.717) is 12.3 Å². The molecular formula is C9H12N2O2. The van der Waals surface area contributed by atoms with E-state index in [1.165, 1.54) is 12.3 Å². The van der Waals surface area contributed by atoms with E-state index in [9.17, 15) is 4.79 Å². The summed E-state index contributed by atoms with van der Waals surface area (Å²) in [5.74, 6) is -0.144. The number of ketones is 1. The zero-order chi connectivity index (χ0) is 9.68.